The number of carbonyl (C=O) groups excluding carboxylic acids is 1. The van der Waals surface area contributed by atoms with Gasteiger partial charge in [0, 0.05) is 24.0 Å². The lowest BCUT2D eigenvalue weighted by Gasteiger charge is -2.27. The van der Waals surface area contributed by atoms with Gasteiger partial charge >= 0.3 is 0 Å². The van der Waals surface area contributed by atoms with Gasteiger partial charge in [-0.2, -0.15) is 5.10 Å². The molecule has 2 aromatic rings. The van der Waals surface area contributed by atoms with Crippen molar-refractivity contribution in [1.29, 1.82) is 0 Å². The highest BCUT2D eigenvalue weighted by molar-refractivity contribution is 6.30. The number of aromatic nitrogens is 2. The largest absolute Gasteiger partial charge is 0.378 e. The first-order chi connectivity index (χ1) is 12.2. The Kier molecular flexibility index (Phi) is 4.52. The quantitative estimate of drug-likeness (QED) is 0.840. The van der Waals surface area contributed by atoms with Crippen LogP contribution in [0.15, 0.2) is 24.3 Å². The van der Waals surface area contributed by atoms with E-state index in [-0.39, 0.29) is 5.91 Å². The van der Waals surface area contributed by atoms with Gasteiger partial charge in [-0.05, 0) is 43.5 Å². The van der Waals surface area contributed by atoms with E-state index in [4.69, 9.17) is 21.4 Å². The van der Waals surface area contributed by atoms with Crippen LogP contribution >= 0.6 is 11.6 Å². The summed E-state index contributed by atoms with van der Waals surface area (Å²) in [4.78, 5) is 15.1. The average Bonchev–Trinajstić information content (AvgIpc) is 3.42. The first-order valence-electron chi connectivity index (χ1n) is 8.93. The van der Waals surface area contributed by atoms with Gasteiger partial charge < -0.3 is 9.64 Å². The van der Waals surface area contributed by atoms with Crippen LogP contribution in [0.4, 0.5) is 0 Å². The van der Waals surface area contributed by atoms with Crippen molar-refractivity contribution in [2.75, 3.05) is 26.3 Å². The molecular formula is C19H22ClN3O2. The molecule has 1 aliphatic carbocycles. The molecule has 2 fully saturated rings. The summed E-state index contributed by atoms with van der Waals surface area (Å²) in [6.45, 7) is 4.60. The van der Waals surface area contributed by atoms with E-state index in [1.807, 2.05) is 33.8 Å². The second-order valence-corrected chi connectivity index (χ2v) is 7.06. The van der Waals surface area contributed by atoms with Crippen molar-refractivity contribution < 1.29 is 9.53 Å². The summed E-state index contributed by atoms with van der Waals surface area (Å²) in [6.07, 6.45) is 2.99. The monoisotopic (exact) mass is 359 g/mol. The number of hydrogen-bond acceptors (Lipinski definition) is 3. The van der Waals surface area contributed by atoms with Crippen LogP contribution in [0.5, 0.6) is 0 Å². The molecule has 4 rings (SSSR count). The van der Waals surface area contributed by atoms with E-state index >= 15 is 0 Å². The number of rotatable bonds is 4. The zero-order valence-corrected chi connectivity index (χ0v) is 15.1. The third kappa shape index (κ3) is 3.18. The number of ether oxygens (including phenoxy) is 1. The van der Waals surface area contributed by atoms with Crippen molar-refractivity contribution in [3.05, 3.63) is 46.2 Å². The predicted molar refractivity (Wildman–Crippen MR) is 96.6 cm³/mol. The van der Waals surface area contributed by atoms with E-state index in [1.165, 1.54) is 0 Å². The van der Waals surface area contributed by atoms with Crippen molar-refractivity contribution in [3.63, 3.8) is 0 Å². The Hall–Kier alpha value is -1.85. The fraction of sp³-hybridized carbons (Fsp3) is 0.474. The number of hydrogen-bond donors (Lipinski definition) is 0. The molecule has 1 aromatic carbocycles. The molecule has 2 heterocycles. The molecule has 1 aliphatic heterocycles. The topological polar surface area (TPSA) is 47.4 Å². The van der Waals surface area contributed by atoms with Gasteiger partial charge in [-0.25, -0.2) is 4.68 Å². The molecule has 0 radical (unpaired) electrons. The molecular weight excluding hydrogens is 338 g/mol. The molecule has 0 N–H and O–H groups in total. The number of nitrogens with zero attached hydrogens (tertiary/aromatic N) is 3. The minimum Gasteiger partial charge on any atom is -0.378 e. The number of amides is 1. The maximum Gasteiger partial charge on any atom is 0.257 e. The molecule has 1 saturated heterocycles. The van der Waals surface area contributed by atoms with Crippen LogP contribution in [0, 0.1) is 0 Å². The smallest absolute Gasteiger partial charge is 0.257 e. The molecule has 1 saturated carbocycles. The number of morpholine rings is 1. The fourth-order valence-corrected chi connectivity index (χ4v) is 3.52. The van der Waals surface area contributed by atoms with Crippen molar-refractivity contribution in [2.45, 2.75) is 32.1 Å². The lowest BCUT2D eigenvalue weighted by molar-refractivity contribution is 0.0301. The molecule has 132 valence electrons. The molecule has 2 aliphatic rings. The van der Waals surface area contributed by atoms with Crippen molar-refractivity contribution in [3.8, 4) is 5.69 Å². The molecule has 0 unspecified atom stereocenters. The molecule has 6 heteroatoms. The molecule has 1 amide bonds. The molecule has 0 atom stereocenters. The van der Waals surface area contributed by atoms with Gasteiger partial charge in [-0.15, -0.1) is 0 Å². The Morgan fingerprint density at radius 2 is 1.92 bits per heavy atom. The third-order valence-corrected chi connectivity index (χ3v) is 5.14. The van der Waals surface area contributed by atoms with E-state index < -0.39 is 0 Å². The number of carbonyl (C=O) groups is 1. The minimum absolute atomic E-state index is 0.0993. The predicted octanol–water partition coefficient (Wildman–Crippen LogP) is 3.44. The van der Waals surface area contributed by atoms with Gasteiger partial charge in [-0.1, -0.05) is 18.5 Å². The van der Waals surface area contributed by atoms with Crippen molar-refractivity contribution in [2.24, 2.45) is 0 Å². The van der Waals surface area contributed by atoms with Gasteiger partial charge in [-0.3, -0.25) is 4.79 Å². The van der Waals surface area contributed by atoms with Gasteiger partial charge in [0.25, 0.3) is 5.91 Å². The van der Waals surface area contributed by atoms with Crippen molar-refractivity contribution >= 4 is 17.5 Å². The van der Waals surface area contributed by atoms with E-state index in [9.17, 15) is 4.79 Å². The normalized spacial score (nSPS) is 17.8. The minimum atomic E-state index is 0.0993. The number of halogens is 1. The SMILES string of the molecule is CCc1c(C(=O)N2CCOCC2)c(C2CC2)nn1-c1ccc(Cl)cc1. The Morgan fingerprint density at radius 1 is 1.24 bits per heavy atom. The first kappa shape index (κ1) is 16.6. The van der Waals surface area contributed by atoms with Crippen LogP contribution in [0.1, 0.15) is 47.4 Å². The molecule has 25 heavy (non-hydrogen) atoms. The molecule has 0 spiro atoms. The van der Waals surface area contributed by atoms with Gasteiger partial charge in [0.2, 0.25) is 0 Å². The lowest BCUT2D eigenvalue weighted by Crippen LogP contribution is -2.41. The first-order valence-corrected chi connectivity index (χ1v) is 9.31. The standard InChI is InChI=1S/C19H22ClN3O2/c1-2-16-17(19(24)22-9-11-25-12-10-22)18(13-3-4-13)21-23(16)15-7-5-14(20)6-8-15/h5-8,13H,2-4,9-12H2,1H3. The summed E-state index contributed by atoms with van der Waals surface area (Å²) < 4.78 is 7.32. The molecule has 1 aromatic heterocycles. The van der Waals surface area contributed by atoms with Crippen molar-refractivity contribution in [1.82, 2.24) is 14.7 Å². The Balaban J connectivity index is 1.79. The second kappa shape index (κ2) is 6.81. The second-order valence-electron chi connectivity index (χ2n) is 6.63. The summed E-state index contributed by atoms with van der Waals surface area (Å²) in [6, 6.07) is 7.62. The summed E-state index contributed by atoms with van der Waals surface area (Å²) in [5.74, 6) is 0.515. The number of benzene rings is 1. The highest BCUT2D eigenvalue weighted by atomic mass is 35.5. The summed E-state index contributed by atoms with van der Waals surface area (Å²) in [5.41, 5.74) is 3.70. The van der Waals surface area contributed by atoms with Gasteiger partial charge in [0.1, 0.15) is 0 Å². The average molecular weight is 360 g/mol. The highest BCUT2D eigenvalue weighted by Gasteiger charge is 2.36. The van der Waals surface area contributed by atoms with E-state index in [0.717, 1.165) is 41.9 Å². The maximum absolute atomic E-state index is 13.2. The van der Waals surface area contributed by atoms with E-state index in [0.29, 0.717) is 37.2 Å². The lowest BCUT2D eigenvalue weighted by atomic mass is 10.1. The van der Waals surface area contributed by atoms with Crippen LogP contribution < -0.4 is 0 Å². The zero-order valence-electron chi connectivity index (χ0n) is 14.4. The van der Waals surface area contributed by atoms with Crippen LogP contribution in [0.3, 0.4) is 0 Å². The Labute approximate surface area is 152 Å². The summed E-state index contributed by atoms with van der Waals surface area (Å²) in [7, 11) is 0. The fourth-order valence-electron chi connectivity index (χ4n) is 3.39. The highest BCUT2D eigenvalue weighted by Crippen LogP contribution is 2.42. The van der Waals surface area contributed by atoms with Crippen LogP contribution in [-0.4, -0.2) is 46.9 Å². The summed E-state index contributed by atoms with van der Waals surface area (Å²) in [5, 5.41) is 5.55. The molecule has 0 bridgehead atoms. The van der Waals surface area contributed by atoms with Gasteiger partial charge in [0.15, 0.2) is 0 Å². The van der Waals surface area contributed by atoms with Crippen LogP contribution in [-0.2, 0) is 11.2 Å². The van der Waals surface area contributed by atoms with Gasteiger partial charge in [0.05, 0.1) is 35.9 Å². The van der Waals surface area contributed by atoms with Crippen LogP contribution in [0.25, 0.3) is 5.69 Å². The van der Waals surface area contributed by atoms with E-state index in [1.54, 1.807) is 0 Å². The Morgan fingerprint density at radius 3 is 2.52 bits per heavy atom. The third-order valence-electron chi connectivity index (χ3n) is 4.89. The van der Waals surface area contributed by atoms with E-state index in [2.05, 4.69) is 6.92 Å². The summed E-state index contributed by atoms with van der Waals surface area (Å²) >= 11 is 6.02. The van der Waals surface area contributed by atoms with Crippen LogP contribution in [0.2, 0.25) is 5.02 Å². The Bertz CT molecular complexity index is 775. The zero-order chi connectivity index (χ0) is 17.4. The maximum atomic E-state index is 13.2. The molecule has 5 nitrogen and oxygen atoms in total.